The highest BCUT2D eigenvalue weighted by atomic mass is 31.1. The minimum atomic E-state index is 0.193. The van der Waals surface area contributed by atoms with E-state index in [0.717, 1.165) is 0 Å². The molecule has 0 amide bonds. The number of rotatable bonds is 3. The van der Waals surface area contributed by atoms with Crippen LogP contribution in [0.1, 0.15) is 34.6 Å². The zero-order chi connectivity index (χ0) is 11.4. The van der Waals surface area contributed by atoms with E-state index >= 15 is 0 Å². The van der Waals surface area contributed by atoms with Crippen LogP contribution in [-0.2, 0) is 0 Å². The molecule has 0 rings (SSSR count). The minimum absolute atomic E-state index is 0.193. The van der Waals surface area contributed by atoms with Gasteiger partial charge in [-0.2, -0.15) is 0 Å². The van der Waals surface area contributed by atoms with Crippen LogP contribution in [0.25, 0.3) is 0 Å². The molecule has 0 atom stereocenters. The topological polar surface area (TPSA) is 0 Å². The maximum absolute atomic E-state index is 2.36. The van der Waals surface area contributed by atoms with Crippen LogP contribution in [0.3, 0.4) is 0 Å². The molecule has 14 heavy (non-hydrogen) atoms. The first-order valence-electron chi connectivity index (χ1n) is 5.26. The van der Waals surface area contributed by atoms with E-state index in [1.807, 2.05) is 0 Å². The lowest BCUT2D eigenvalue weighted by molar-refractivity contribution is 0.515. The molecule has 0 saturated carbocycles. The molecular formula is C13H25P. The molecule has 0 nitrogen and oxygen atoms in total. The Balaban J connectivity index is 4.61. The second kappa shape index (κ2) is 5.71. The van der Waals surface area contributed by atoms with Crippen molar-refractivity contribution < 1.29 is 0 Å². The van der Waals surface area contributed by atoms with Gasteiger partial charge in [0, 0.05) is 0 Å². The summed E-state index contributed by atoms with van der Waals surface area (Å²) in [6, 6.07) is 0. The molecule has 0 unspecified atom stereocenters. The standard InChI is InChI=1S/C13H25P/c1-8-12(13(3,4)5)9-11(2)10-14(6)7/h8-9H,10H2,1-7H3/b11-9+,12-8+. The summed E-state index contributed by atoms with van der Waals surface area (Å²) >= 11 is 0. The van der Waals surface area contributed by atoms with E-state index in [1.165, 1.54) is 17.3 Å². The summed E-state index contributed by atoms with van der Waals surface area (Å²) in [6.07, 6.45) is 5.86. The van der Waals surface area contributed by atoms with Gasteiger partial charge in [-0.3, -0.25) is 0 Å². The molecule has 0 saturated heterocycles. The molecule has 0 aliphatic heterocycles. The zero-order valence-corrected chi connectivity index (χ0v) is 11.7. The van der Waals surface area contributed by atoms with Crippen LogP contribution in [0.2, 0.25) is 0 Å². The summed E-state index contributed by atoms with van der Waals surface area (Å²) in [4.78, 5) is 0. The minimum Gasteiger partial charge on any atom is -0.109 e. The first-order valence-corrected chi connectivity index (χ1v) is 7.68. The number of allylic oxidation sites excluding steroid dienone is 4. The van der Waals surface area contributed by atoms with E-state index in [4.69, 9.17) is 0 Å². The van der Waals surface area contributed by atoms with E-state index in [1.54, 1.807) is 0 Å². The van der Waals surface area contributed by atoms with Crippen molar-refractivity contribution in [2.24, 2.45) is 5.41 Å². The van der Waals surface area contributed by atoms with Crippen molar-refractivity contribution in [3.05, 3.63) is 23.3 Å². The van der Waals surface area contributed by atoms with E-state index in [-0.39, 0.29) is 13.3 Å². The summed E-state index contributed by atoms with van der Waals surface area (Å²) in [6.45, 7) is 15.9. The average molecular weight is 212 g/mol. The maximum atomic E-state index is 2.36. The van der Waals surface area contributed by atoms with Crippen molar-refractivity contribution >= 4 is 7.92 Å². The van der Waals surface area contributed by atoms with Crippen LogP contribution in [0.5, 0.6) is 0 Å². The van der Waals surface area contributed by atoms with Crippen molar-refractivity contribution in [2.75, 3.05) is 19.5 Å². The van der Waals surface area contributed by atoms with Crippen molar-refractivity contribution in [1.82, 2.24) is 0 Å². The van der Waals surface area contributed by atoms with Gasteiger partial charge in [-0.15, -0.1) is 7.92 Å². The van der Waals surface area contributed by atoms with Gasteiger partial charge in [0.15, 0.2) is 0 Å². The third kappa shape index (κ3) is 5.60. The van der Waals surface area contributed by atoms with Gasteiger partial charge in [0.2, 0.25) is 0 Å². The number of hydrogen-bond donors (Lipinski definition) is 0. The molecule has 0 aromatic heterocycles. The molecule has 0 aromatic carbocycles. The first kappa shape index (κ1) is 13.9. The second-order valence-corrected chi connectivity index (χ2v) is 7.70. The van der Waals surface area contributed by atoms with Gasteiger partial charge in [0.25, 0.3) is 0 Å². The highest BCUT2D eigenvalue weighted by Gasteiger charge is 2.13. The van der Waals surface area contributed by atoms with Gasteiger partial charge >= 0.3 is 0 Å². The lowest BCUT2D eigenvalue weighted by Crippen LogP contribution is -2.08. The third-order valence-electron chi connectivity index (χ3n) is 2.14. The summed E-state index contributed by atoms with van der Waals surface area (Å²) in [5.74, 6) is 0. The summed E-state index contributed by atoms with van der Waals surface area (Å²) in [5, 5.41) is 0. The fraction of sp³-hybridized carbons (Fsp3) is 0.692. The zero-order valence-electron chi connectivity index (χ0n) is 10.8. The average Bonchev–Trinajstić information content (AvgIpc) is 1.96. The molecule has 0 heterocycles. The van der Waals surface area contributed by atoms with Gasteiger partial charge in [-0.1, -0.05) is 38.5 Å². The molecule has 82 valence electrons. The highest BCUT2D eigenvalue weighted by Crippen LogP contribution is 2.31. The molecule has 0 radical (unpaired) electrons. The van der Waals surface area contributed by atoms with E-state index in [0.29, 0.717) is 0 Å². The second-order valence-electron chi connectivity index (χ2n) is 5.22. The predicted molar refractivity (Wildman–Crippen MR) is 70.6 cm³/mol. The van der Waals surface area contributed by atoms with Crippen LogP contribution in [0, 0.1) is 5.41 Å². The van der Waals surface area contributed by atoms with Crippen LogP contribution in [0.15, 0.2) is 23.3 Å². The van der Waals surface area contributed by atoms with E-state index in [2.05, 4.69) is 60.1 Å². The van der Waals surface area contributed by atoms with E-state index in [9.17, 15) is 0 Å². The number of hydrogen-bond acceptors (Lipinski definition) is 0. The Morgan fingerprint density at radius 3 is 2.00 bits per heavy atom. The lowest BCUT2D eigenvalue weighted by Gasteiger charge is -2.21. The van der Waals surface area contributed by atoms with Crippen molar-refractivity contribution in [3.63, 3.8) is 0 Å². The molecule has 0 N–H and O–H groups in total. The normalized spacial score (nSPS) is 15.1. The Morgan fingerprint density at radius 1 is 1.21 bits per heavy atom. The quantitative estimate of drug-likeness (QED) is 0.471. The van der Waals surface area contributed by atoms with Crippen LogP contribution < -0.4 is 0 Å². The Labute approximate surface area is 91.2 Å². The van der Waals surface area contributed by atoms with Crippen LogP contribution in [0.4, 0.5) is 0 Å². The van der Waals surface area contributed by atoms with Gasteiger partial charge in [0.1, 0.15) is 0 Å². The third-order valence-corrected chi connectivity index (χ3v) is 3.28. The largest absolute Gasteiger partial charge is 0.109 e. The Bertz CT molecular complexity index is 226. The van der Waals surface area contributed by atoms with Crippen molar-refractivity contribution in [1.29, 1.82) is 0 Å². The Morgan fingerprint density at radius 2 is 1.71 bits per heavy atom. The molecular weight excluding hydrogens is 187 g/mol. The molecule has 0 spiro atoms. The Hall–Kier alpha value is -0.0900. The fourth-order valence-electron chi connectivity index (χ4n) is 1.54. The van der Waals surface area contributed by atoms with E-state index < -0.39 is 0 Å². The van der Waals surface area contributed by atoms with Gasteiger partial charge < -0.3 is 0 Å². The molecule has 1 heteroatoms. The van der Waals surface area contributed by atoms with Crippen molar-refractivity contribution in [3.8, 4) is 0 Å². The monoisotopic (exact) mass is 212 g/mol. The van der Waals surface area contributed by atoms with Gasteiger partial charge in [0.05, 0.1) is 0 Å². The van der Waals surface area contributed by atoms with Gasteiger partial charge in [-0.05, 0) is 44.3 Å². The predicted octanol–water partition coefficient (Wildman–Crippen LogP) is 4.67. The smallest absolute Gasteiger partial charge is 0.0119 e. The summed E-state index contributed by atoms with van der Waals surface area (Å²) < 4.78 is 0. The lowest BCUT2D eigenvalue weighted by atomic mass is 9.85. The maximum Gasteiger partial charge on any atom is -0.0119 e. The molecule has 0 aromatic rings. The van der Waals surface area contributed by atoms with Gasteiger partial charge in [-0.25, -0.2) is 0 Å². The summed E-state index contributed by atoms with van der Waals surface area (Å²) in [7, 11) is 0.193. The molecule has 0 fully saturated rings. The first-order chi connectivity index (χ1) is 6.27. The fourth-order valence-corrected chi connectivity index (χ4v) is 2.63. The molecule has 0 aliphatic carbocycles. The SMILES string of the molecule is C/C=C(\C=C(/C)CP(C)C)C(C)(C)C. The highest BCUT2D eigenvalue weighted by molar-refractivity contribution is 7.56. The van der Waals surface area contributed by atoms with Crippen LogP contribution >= 0.6 is 7.92 Å². The van der Waals surface area contributed by atoms with Crippen molar-refractivity contribution in [2.45, 2.75) is 34.6 Å². The summed E-state index contributed by atoms with van der Waals surface area (Å²) in [5.41, 5.74) is 3.25. The Kier molecular flexibility index (Phi) is 5.67. The molecule has 0 bridgehead atoms. The van der Waals surface area contributed by atoms with Crippen LogP contribution in [-0.4, -0.2) is 19.5 Å². The molecule has 0 aliphatic rings.